The molecule has 0 bridgehead atoms. The minimum atomic E-state index is -0.173. The first-order valence-corrected chi connectivity index (χ1v) is 18.0. The molecule has 0 saturated carbocycles. The van der Waals surface area contributed by atoms with E-state index in [-0.39, 0.29) is 6.17 Å². The maximum Gasteiger partial charge on any atom is 0.227 e. The van der Waals surface area contributed by atoms with Crippen LogP contribution < -0.4 is 10.6 Å². The summed E-state index contributed by atoms with van der Waals surface area (Å²) in [7, 11) is 2.14. The third kappa shape index (κ3) is 5.36. The Morgan fingerprint density at radius 1 is 0.698 bits per heavy atom. The van der Waals surface area contributed by atoms with Crippen molar-refractivity contribution in [2.45, 2.75) is 6.17 Å². The molecule has 0 amide bonds. The summed E-state index contributed by atoms with van der Waals surface area (Å²) in [6, 6.07) is 40.5. The molecule has 2 aromatic heterocycles. The Morgan fingerprint density at radius 3 is 2.28 bits per heavy atom. The highest BCUT2D eigenvalue weighted by Crippen LogP contribution is 2.39. The molecule has 2 N–H and O–H groups in total. The van der Waals surface area contributed by atoms with Gasteiger partial charge in [0.1, 0.15) is 11.7 Å². The predicted molar refractivity (Wildman–Crippen MR) is 217 cm³/mol. The molecule has 1 unspecified atom stereocenters. The Balaban J connectivity index is 1.10. The summed E-state index contributed by atoms with van der Waals surface area (Å²) in [5.41, 5.74) is 13.7. The van der Waals surface area contributed by atoms with E-state index < -0.39 is 0 Å². The van der Waals surface area contributed by atoms with E-state index >= 15 is 0 Å². The molecule has 7 aromatic rings. The van der Waals surface area contributed by atoms with Gasteiger partial charge in [0.15, 0.2) is 5.58 Å². The monoisotopic (exact) mass is 688 g/mol. The summed E-state index contributed by atoms with van der Waals surface area (Å²) in [4.78, 5) is 12.6. The molecular weight excluding hydrogens is 653 g/mol. The van der Waals surface area contributed by atoms with Gasteiger partial charge in [0.2, 0.25) is 5.89 Å². The minimum absolute atomic E-state index is 0.173. The number of fused-ring (bicyclic) bond motifs is 5. The summed E-state index contributed by atoms with van der Waals surface area (Å²) in [5, 5.41) is 8.72. The highest BCUT2D eigenvalue weighted by Gasteiger charge is 2.27. The van der Waals surface area contributed by atoms with E-state index in [2.05, 4.69) is 142 Å². The van der Waals surface area contributed by atoms with E-state index in [9.17, 15) is 0 Å². The fourth-order valence-electron chi connectivity index (χ4n) is 7.75. The second-order valence-electron chi connectivity index (χ2n) is 13.5. The van der Waals surface area contributed by atoms with E-state index in [0.29, 0.717) is 5.89 Å². The molecule has 0 radical (unpaired) electrons. The number of hydrogen-bond donors (Lipinski definition) is 2. The van der Waals surface area contributed by atoms with Gasteiger partial charge in [-0.1, -0.05) is 84.9 Å². The number of aromatic nitrogens is 2. The van der Waals surface area contributed by atoms with Crippen LogP contribution in [0.25, 0.3) is 61.3 Å². The molecule has 0 aliphatic carbocycles. The second kappa shape index (κ2) is 12.7. The van der Waals surface area contributed by atoms with Crippen LogP contribution in [0, 0.1) is 0 Å². The summed E-state index contributed by atoms with van der Waals surface area (Å²) < 4.78 is 8.87. The van der Waals surface area contributed by atoms with Gasteiger partial charge in [0.05, 0.1) is 22.1 Å². The summed E-state index contributed by atoms with van der Waals surface area (Å²) in [6.45, 7) is 1.62. The largest absolute Gasteiger partial charge is 0.435 e. The molecule has 0 fully saturated rings. The first kappa shape index (κ1) is 30.9. The predicted octanol–water partition coefficient (Wildman–Crippen LogP) is 9.24. The number of nitrogens with zero attached hydrogens (tertiary/aromatic N) is 4. The van der Waals surface area contributed by atoms with Gasteiger partial charge in [-0.15, -0.1) is 0 Å². The van der Waals surface area contributed by atoms with Gasteiger partial charge < -0.3 is 24.5 Å². The fraction of sp³-hybridized carbons (Fsp3) is 0.0870. The number of hydrogen-bond acceptors (Lipinski definition) is 6. The molecule has 1 atom stereocenters. The quantitative estimate of drug-likeness (QED) is 0.182. The molecule has 3 aliphatic heterocycles. The lowest BCUT2D eigenvalue weighted by Gasteiger charge is -2.35. The van der Waals surface area contributed by atoms with Crippen LogP contribution in [-0.2, 0) is 0 Å². The van der Waals surface area contributed by atoms with Crippen molar-refractivity contribution in [2.24, 2.45) is 4.99 Å². The zero-order valence-electron chi connectivity index (χ0n) is 29.2. The zero-order valence-corrected chi connectivity index (χ0v) is 29.2. The molecule has 256 valence electrons. The third-order valence-corrected chi connectivity index (χ3v) is 10.4. The smallest absolute Gasteiger partial charge is 0.227 e. The van der Waals surface area contributed by atoms with Crippen molar-refractivity contribution in [3.8, 4) is 17.1 Å². The average molecular weight is 689 g/mol. The number of rotatable bonds is 6. The molecule has 0 saturated heterocycles. The van der Waals surface area contributed by atoms with Crippen molar-refractivity contribution in [1.29, 1.82) is 0 Å². The number of aliphatic imine (C=N–C) groups is 1. The van der Waals surface area contributed by atoms with Gasteiger partial charge in [0, 0.05) is 48.0 Å². The lowest BCUT2D eigenvalue weighted by molar-refractivity contribution is 0.400. The van der Waals surface area contributed by atoms with Crippen molar-refractivity contribution in [3.05, 3.63) is 180 Å². The van der Waals surface area contributed by atoms with Crippen LogP contribution >= 0.6 is 0 Å². The maximum absolute atomic E-state index is 6.54. The van der Waals surface area contributed by atoms with Gasteiger partial charge in [0.25, 0.3) is 0 Å². The van der Waals surface area contributed by atoms with E-state index in [1.165, 1.54) is 16.7 Å². The van der Waals surface area contributed by atoms with Crippen LogP contribution in [0.1, 0.15) is 16.7 Å². The number of para-hydroxylation sites is 1. The topological polar surface area (TPSA) is 70.6 Å². The van der Waals surface area contributed by atoms with Crippen molar-refractivity contribution in [1.82, 2.24) is 25.1 Å². The molecule has 5 heterocycles. The van der Waals surface area contributed by atoms with Crippen molar-refractivity contribution < 1.29 is 4.42 Å². The Morgan fingerprint density at radius 2 is 1.47 bits per heavy atom. The van der Waals surface area contributed by atoms with Crippen molar-refractivity contribution >= 4 is 49.9 Å². The van der Waals surface area contributed by atoms with Gasteiger partial charge in [-0.05, 0) is 95.4 Å². The maximum atomic E-state index is 6.54. The third-order valence-electron chi connectivity index (χ3n) is 10.4. The van der Waals surface area contributed by atoms with Gasteiger partial charge >= 0.3 is 0 Å². The molecule has 3 aliphatic rings. The minimum Gasteiger partial charge on any atom is -0.435 e. The Kier molecular flexibility index (Phi) is 7.42. The fourth-order valence-corrected chi connectivity index (χ4v) is 7.75. The van der Waals surface area contributed by atoms with Crippen molar-refractivity contribution in [2.75, 3.05) is 20.1 Å². The Hall–Kier alpha value is -6.86. The molecular formula is C46H36N6O. The Labute approximate surface area is 307 Å². The van der Waals surface area contributed by atoms with Crippen LogP contribution in [0.2, 0.25) is 0 Å². The first-order valence-electron chi connectivity index (χ1n) is 18.0. The summed E-state index contributed by atoms with van der Waals surface area (Å²) in [5.74, 6) is 0.623. The molecule has 53 heavy (non-hydrogen) atoms. The highest BCUT2D eigenvalue weighted by atomic mass is 16.3. The van der Waals surface area contributed by atoms with E-state index in [1.54, 1.807) is 0 Å². The molecule has 10 rings (SSSR count). The van der Waals surface area contributed by atoms with Crippen LogP contribution in [0.5, 0.6) is 0 Å². The SMILES string of the molecule is CN1C(c2ccc(C3=CCNC=C3)cc2)=CC(c2cccc(-n3c4ccccc4c4c5oc(-c6ccccc6)nc5ccc43)c2)=NC1C1=CCNC=C1. The Bertz CT molecular complexity index is 2740. The summed E-state index contributed by atoms with van der Waals surface area (Å²) in [6.07, 6.45) is 14.8. The molecule has 7 nitrogen and oxygen atoms in total. The molecule has 5 aromatic carbocycles. The lowest BCUT2D eigenvalue weighted by Crippen LogP contribution is -2.35. The zero-order chi connectivity index (χ0) is 35.3. The number of dihydropyridines is 2. The molecule has 7 heteroatoms. The number of nitrogens with one attached hydrogen (secondary N) is 2. The summed E-state index contributed by atoms with van der Waals surface area (Å²) >= 11 is 0. The number of likely N-dealkylation sites (N-methyl/N-ethyl adjacent to an activating group) is 1. The average Bonchev–Trinajstić information content (AvgIpc) is 3.82. The molecule has 0 spiro atoms. The normalized spacial score (nSPS) is 17.0. The first-order chi connectivity index (χ1) is 26.2. The number of allylic oxidation sites excluding steroid dienone is 3. The van der Waals surface area contributed by atoms with Crippen LogP contribution in [0.15, 0.2) is 173 Å². The number of benzene rings is 5. The van der Waals surface area contributed by atoms with Crippen LogP contribution in [0.4, 0.5) is 0 Å². The second-order valence-corrected chi connectivity index (χ2v) is 13.5. The van der Waals surface area contributed by atoms with Crippen LogP contribution in [-0.4, -0.2) is 46.5 Å². The van der Waals surface area contributed by atoms with Gasteiger partial charge in [-0.3, -0.25) is 4.99 Å². The lowest BCUT2D eigenvalue weighted by atomic mass is 9.97. The van der Waals surface area contributed by atoms with Crippen LogP contribution in [0.3, 0.4) is 0 Å². The van der Waals surface area contributed by atoms with Gasteiger partial charge in [-0.2, -0.15) is 0 Å². The standard InChI is InChI=1S/C46H36N6O/c1-51-42(32-16-14-30(15-17-32)31-20-24-47-25-21-31)29-39(49-45(51)33-22-26-48-27-23-33)35-10-7-11-36(28-35)52-40-13-6-5-12-37(40)43-41(52)19-18-38-44(43)53-46(50-38)34-8-3-2-4-9-34/h2-24,26,28-29,45,47-48H,25,27H2,1H3. The van der Waals surface area contributed by atoms with Gasteiger partial charge in [-0.25, -0.2) is 4.98 Å². The number of oxazole rings is 1. The highest BCUT2D eigenvalue weighted by molar-refractivity contribution is 6.19. The van der Waals surface area contributed by atoms with E-state index in [0.717, 1.165) is 79.8 Å². The van der Waals surface area contributed by atoms with Crippen molar-refractivity contribution in [3.63, 3.8) is 0 Å². The van der Waals surface area contributed by atoms with E-state index in [1.807, 2.05) is 42.7 Å². The van der Waals surface area contributed by atoms with E-state index in [4.69, 9.17) is 14.4 Å².